The molecule has 3 aromatic rings. The fourth-order valence-corrected chi connectivity index (χ4v) is 3.07. The number of benzene rings is 2. The molecule has 0 bridgehead atoms. The first-order chi connectivity index (χ1) is 10.7. The van der Waals surface area contributed by atoms with Gasteiger partial charge in [0.1, 0.15) is 0 Å². The summed E-state index contributed by atoms with van der Waals surface area (Å²) in [6, 6.07) is 17.1. The molecule has 22 heavy (non-hydrogen) atoms. The zero-order chi connectivity index (χ0) is 15.5. The number of aromatic nitrogens is 1. The van der Waals surface area contributed by atoms with Crippen LogP contribution in [0.1, 0.15) is 11.1 Å². The van der Waals surface area contributed by atoms with Crippen LogP contribution in [-0.2, 0) is 13.0 Å². The minimum atomic E-state index is 0.683. The Balaban J connectivity index is 2.05. The van der Waals surface area contributed by atoms with E-state index in [1.807, 2.05) is 0 Å². The third-order valence-electron chi connectivity index (χ3n) is 4.10. The second-order valence-electron chi connectivity index (χ2n) is 5.86. The van der Waals surface area contributed by atoms with Gasteiger partial charge in [0.15, 0.2) is 0 Å². The summed E-state index contributed by atoms with van der Waals surface area (Å²) in [6.07, 6.45) is 3.17. The average Bonchev–Trinajstić information content (AvgIpc) is 2.86. The summed E-state index contributed by atoms with van der Waals surface area (Å²) in [4.78, 5) is 2.17. The van der Waals surface area contributed by atoms with Gasteiger partial charge in [-0.3, -0.25) is 0 Å². The monoisotopic (exact) mass is 293 g/mol. The number of rotatable bonds is 5. The summed E-state index contributed by atoms with van der Waals surface area (Å²) in [5.41, 5.74) is 11.0. The lowest BCUT2D eigenvalue weighted by Crippen LogP contribution is -2.12. The zero-order valence-electron chi connectivity index (χ0n) is 13.3. The molecule has 0 saturated heterocycles. The molecule has 2 aromatic carbocycles. The molecule has 0 aliphatic rings. The lowest BCUT2D eigenvalue weighted by molar-refractivity contribution is 0.823. The lowest BCUT2D eigenvalue weighted by Gasteiger charge is -2.18. The molecule has 0 aliphatic carbocycles. The molecular formula is C19H23N3. The summed E-state index contributed by atoms with van der Waals surface area (Å²) in [5, 5.41) is 1.32. The third-order valence-corrected chi connectivity index (χ3v) is 4.10. The highest BCUT2D eigenvalue weighted by Gasteiger charge is 2.10. The van der Waals surface area contributed by atoms with Gasteiger partial charge in [0, 0.05) is 43.4 Å². The van der Waals surface area contributed by atoms with E-state index >= 15 is 0 Å². The summed E-state index contributed by atoms with van der Waals surface area (Å²) < 4.78 is 2.34. The molecule has 2 N–H and O–H groups in total. The van der Waals surface area contributed by atoms with Crippen molar-refractivity contribution in [3.8, 4) is 0 Å². The van der Waals surface area contributed by atoms with E-state index in [-0.39, 0.29) is 0 Å². The van der Waals surface area contributed by atoms with E-state index in [0.717, 1.165) is 13.0 Å². The van der Waals surface area contributed by atoms with Crippen molar-refractivity contribution < 1.29 is 0 Å². The maximum absolute atomic E-state index is 5.76. The summed E-state index contributed by atoms with van der Waals surface area (Å²) >= 11 is 0. The molecule has 1 aromatic heterocycles. The number of fused-ring (bicyclic) bond motifs is 1. The SMILES string of the molecule is CN(C)c1ccccc1Cn1cc(CCN)c2ccccc21. The number of para-hydroxylation sites is 2. The van der Waals surface area contributed by atoms with Crippen LogP contribution >= 0.6 is 0 Å². The van der Waals surface area contributed by atoms with Crippen molar-refractivity contribution in [3.05, 3.63) is 65.9 Å². The van der Waals surface area contributed by atoms with Gasteiger partial charge in [-0.2, -0.15) is 0 Å². The van der Waals surface area contributed by atoms with Crippen LogP contribution in [-0.4, -0.2) is 25.2 Å². The zero-order valence-corrected chi connectivity index (χ0v) is 13.3. The molecule has 0 radical (unpaired) electrons. The van der Waals surface area contributed by atoms with Crippen LogP contribution in [0.2, 0.25) is 0 Å². The van der Waals surface area contributed by atoms with E-state index in [2.05, 4.69) is 78.3 Å². The Morgan fingerprint density at radius 1 is 0.955 bits per heavy atom. The third kappa shape index (κ3) is 2.72. The van der Waals surface area contributed by atoms with Gasteiger partial charge >= 0.3 is 0 Å². The van der Waals surface area contributed by atoms with E-state index in [0.29, 0.717) is 6.54 Å². The lowest BCUT2D eigenvalue weighted by atomic mass is 10.1. The van der Waals surface area contributed by atoms with Crippen LogP contribution in [0, 0.1) is 0 Å². The first-order valence-electron chi connectivity index (χ1n) is 7.72. The molecule has 114 valence electrons. The fourth-order valence-electron chi connectivity index (χ4n) is 3.07. The van der Waals surface area contributed by atoms with Crippen molar-refractivity contribution in [2.75, 3.05) is 25.5 Å². The standard InChI is InChI=1S/C19H23N3/c1-21(2)18-9-5-3-7-16(18)14-22-13-15(11-12-20)17-8-4-6-10-19(17)22/h3-10,13H,11-12,14,20H2,1-2H3. The molecule has 0 amide bonds. The normalized spacial score (nSPS) is 11.0. The van der Waals surface area contributed by atoms with E-state index < -0.39 is 0 Å². The van der Waals surface area contributed by atoms with Gasteiger partial charge in [-0.05, 0) is 36.2 Å². The minimum absolute atomic E-state index is 0.683. The molecule has 3 heteroatoms. The van der Waals surface area contributed by atoms with Crippen LogP contribution in [0.5, 0.6) is 0 Å². The molecule has 0 atom stereocenters. The second kappa shape index (κ2) is 6.24. The largest absolute Gasteiger partial charge is 0.377 e. The van der Waals surface area contributed by atoms with Crippen molar-refractivity contribution in [1.82, 2.24) is 4.57 Å². The quantitative estimate of drug-likeness (QED) is 0.783. The van der Waals surface area contributed by atoms with Crippen LogP contribution in [0.4, 0.5) is 5.69 Å². The van der Waals surface area contributed by atoms with E-state index in [4.69, 9.17) is 5.73 Å². The fraction of sp³-hybridized carbons (Fsp3) is 0.263. The van der Waals surface area contributed by atoms with Gasteiger partial charge in [0.25, 0.3) is 0 Å². The number of hydrogen-bond donors (Lipinski definition) is 1. The molecule has 0 aliphatic heterocycles. The van der Waals surface area contributed by atoms with Crippen LogP contribution in [0.15, 0.2) is 54.7 Å². The Hall–Kier alpha value is -2.26. The van der Waals surface area contributed by atoms with Gasteiger partial charge in [-0.25, -0.2) is 0 Å². The van der Waals surface area contributed by atoms with Crippen molar-refractivity contribution in [2.45, 2.75) is 13.0 Å². The highest BCUT2D eigenvalue weighted by Crippen LogP contribution is 2.25. The summed E-state index contributed by atoms with van der Waals surface area (Å²) in [7, 11) is 4.18. The maximum atomic E-state index is 5.76. The molecule has 0 unspecified atom stereocenters. The highest BCUT2D eigenvalue weighted by molar-refractivity contribution is 5.84. The van der Waals surface area contributed by atoms with Gasteiger partial charge < -0.3 is 15.2 Å². The minimum Gasteiger partial charge on any atom is -0.377 e. The molecular weight excluding hydrogens is 270 g/mol. The Labute approximate surface area is 132 Å². The van der Waals surface area contributed by atoms with E-state index in [9.17, 15) is 0 Å². The van der Waals surface area contributed by atoms with Crippen LogP contribution < -0.4 is 10.6 Å². The molecule has 3 rings (SSSR count). The summed E-state index contributed by atoms with van der Waals surface area (Å²) in [5.74, 6) is 0. The Kier molecular flexibility index (Phi) is 4.16. The highest BCUT2D eigenvalue weighted by atomic mass is 15.1. The van der Waals surface area contributed by atoms with Crippen molar-refractivity contribution in [2.24, 2.45) is 5.73 Å². The van der Waals surface area contributed by atoms with Crippen LogP contribution in [0.25, 0.3) is 10.9 Å². The van der Waals surface area contributed by atoms with Gasteiger partial charge in [-0.15, -0.1) is 0 Å². The molecule has 0 saturated carbocycles. The van der Waals surface area contributed by atoms with E-state index in [1.165, 1.54) is 27.7 Å². The first-order valence-corrected chi connectivity index (χ1v) is 7.72. The number of nitrogens with zero attached hydrogens (tertiary/aromatic N) is 2. The predicted molar refractivity (Wildman–Crippen MR) is 94.6 cm³/mol. The maximum Gasteiger partial charge on any atom is 0.0496 e. The smallest absolute Gasteiger partial charge is 0.0496 e. The Morgan fingerprint density at radius 3 is 2.45 bits per heavy atom. The molecule has 0 spiro atoms. The topological polar surface area (TPSA) is 34.2 Å². The van der Waals surface area contributed by atoms with Crippen molar-refractivity contribution in [1.29, 1.82) is 0 Å². The van der Waals surface area contributed by atoms with Crippen molar-refractivity contribution >= 4 is 16.6 Å². The number of anilines is 1. The molecule has 0 fully saturated rings. The summed E-state index contributed by atoms with van der Waals surface area (Å²) in [6.45, 7) is 1.56. The van der Waals surface area contributed by atoms with Gasteiger partial charge in [-0.1, -0.05) is 36.4 Å². The number of hydrogen-bond acceptors (Lipinski definition) is 2. The average molecular weight is 293 g/mol. The van der Waals surface area contributed by atoms with Gasteiger partial charge in [0.2, 0.25) is 0 Å². The molecule has 3 nitrogen and oxygen atoms in total. The second-order valence-corrected chi connectivity index (χ2v) is 5.86. The molecule has 1 heterocycles. The van der Waals surface area contributed by atoms with E-state index in [1.54, 1.807) is 0 Å². The Morgan fingerprint density at radius 2 is 1.68 bits per heavy atom. The predicted octanol–water partition coefficient (Wildman–Crippen LogP) is 3.26. The Bertz CT molecular complexity index is 771. The van der Waals surface area contributed by atoms with Gasteiger partial charge in [0.05, 0.1) is 0 Å². The van der Waals surface area contributed by atoms with Crippen molar-refractivity contribution in [3.63, 3.8) is 0 Å². The first kappa shape index (κ1) is 14.7. The van der Waals surface area contributed by atoms with Crippen LogP contribution in [0.3, 0.4) is 0 Å². The number of nitrogens with two attached hydrogens (primary N) is 1.